The molecular weight excluding hydrogens is 479 g/mol. The van der Waals surface area contributed by atoms with E-state index >= 15 is 0 Å². The SMILES string of the molecule is CN=C(NCCc1ccc2c(c1)OCO2)N1CCN(Cc2ccccc2)CC1.I. The zero-order valence-corrected chi connectivity index (χ0v) is 19.2. The minimum atomic E-state index is 0. The molecule has 2 aromatic rings. The van der Waals surface area contributed by atoms with Crippen LogP contribution in [0.3, 0.4) is 0 Å². The Morgan fingerprint density at radius 3 is 2.48 bits per heavy atom. The van der Waals surface area contributed by atoms with Crippen LogP contribution in [0.25, 0.3) is 0 Å². The lowest BCUT2D eigenvalue weighted by atomic mass is 10.1. The van der Waals surface area contributed by atoms with Gasteiger partial charge in [-0.3, -0.25) is 9.89 Å². The number of aliphatic imine (C=N–C) groups is 1. The molecule has 4 rings (SSSR count). The predicted octanol–water partition coefficient (Wildman–Crippen LogP) is 2.97. The van der Waals surface area contributed by atoms with E-state index in [1.807, 2.05) is 13.1 Å². The van der Waals surface area contributed by atoms with E-state index in [2.05, 4.69) is 62.6 Å². The van der Waals surface area contributed by atoms with Crippen LogP contribution in [0.15, 0.2) is 53.5 Å². The number of nitrogens with one attached hydrogen (secondary N) is 1. The minimum Gasteiger partial charge on any atom is -0.454 e. The van der Waals surface area contributed by atoms with E-state index in [1.165, 1.54) is 11.1 Å². The van der Waals surface area contributed by atoms with Crippen molar-refractivity contribution in [3.05, 3.63) is 59.7 Å². The summed E-state index contributed by atoms with van der Waals surface area (Å²) in [6.45, 7) is 6.28. The number of piperazine rings is 1. The molecule has 0 radical (unpaired) electrons. The molecular formula is C22H29IN4O2. The lowest BCUT2D eigenvalue weighted by molar-refractivity contribution is 0.172. The standard InChI is InChI=1S/C22H28N4O2.HI/c1-23-22(24-10-9-18-7-8-20-21(15-18)28-17-27-20)26-13-11-25(12-14-26)16-19-5-3-2-4-6-19;/h2-8,15H,9-14,16-17H2,1H3,(H,23,24);1H. The quantitative estimate of drug-likeness (QED) is 0.383. The average Bonchev–Trinajstić information content (AvgIpc) is 3.21. The van der Waals surface area contributed by atoms with Crippen molar-refractivity contribution < 1.29 is 9.47 Å². The molecule has 0 spiro atoms. The van der Waals surface area contributed by atoms with Crippen molar-refractivity contribution in [1.82, 2.24) is 15.1 Å². The van der Waals surface area contributed by atoms with Crippen LogP contribution in [0.4, 0.5) is 0 Å². The van der Waals surface area contributed by atoms with Gasteiger partial charge in [-0.25, -0.2) is 0 Å². The minimum absolute atomic E-state index is 0. The predicted molar refractivity (Wildman–Crippen MR) is 126 cm³/mol. The molecule has 29 heavy (non-hydrogen) atoms. The first-order valence-electron chi connectivity index (χ1n) is 9.92. The van der Waals surface area contributed by atoms with Gasteiger partial charge in [-0.05, 0) is 29.7 Å². The van der Waals surface area contributed by atoms with E-state index in [1.54, 1.807) is 0 Å². The summed E-state index contributed by atoms with van der Waals surface area (Å²) in [7, 11) is 1.86. The Morgan fingerprint density at radius 1 is 0.966 bits per heavy atom. The molecule has 0 amide bonds. The number of nitrogens with zero attached hydrogens (tertiary/aromatic N) is 3. The monoisotopic (exact) mass is 508 g/mol. The summed E-state index contributed by atoms with van der Waals surface area (Å²) >= 11 is 0. The van der Waals surface area contributed by atoms with E-state index < -0.39 is 0 Å². The number of hydrogen-bond acceptors (Lipinski definition) is 4. The molecule has 0 atom stereocenters. The van der Waals surface area contributed by atoms with E-state index in [9.17, 15) is 0 Å². The summed E-state index contributed by atoms with van der Waals surface area (Å²) in [6.07, 6.45) is 0.920. The maximum atomic E-state index is 5.46. The Hall–Kier alpha value is -2.00. The Morgan fingerprint density at radius 2 is 1.72 bits per heavy atom. The molecule has 156 valence electrons. The fourth-order valence-corrected chi connectivity index (χ4v) is 3.71. The van der Waals surface area contributed by atoms with E-state index in [0.29, 0.717) is 6.79 Å². The van der Waals surface area contributed by atoms with Gasteiger partial charge in [0.15, 0.2) is 17.5 Å². The Labute approximate surface area is 189 Å². The third-order valence-corrected chi connectivity index (χ3v) is 5.27. The molecule has 0 aromatic heterocycles. The lowest BCUT2D eigenvalue weighted by Crippen LogP contribution is -2.52. The zero-order valence-electron chi connectivity index (χ0n) is 16.8. The lowest BCUT2D eigenvalue weighted by Gasteiger charge is -2.36. The second-order valence-corrected chi connectivity index (χ2v) is 7.16. The summed E-state index contributed by atoms with van der Waals surface area (Å²) in [5.41, 5.74) is 2.61. The van der Waals surface area contributed by atoms with Crippen molar-refractivity contribution in [1.29, 1.82) is 0 Å². The van der Waals surface area contributed by atoms with E-state index in [4.69, 9.17) is 9.47 Å². The van der Waals surface area contributed by atoms with Crippen LogP contribution in [-0.4, -0.2) is 62.3 Å². The Kier molecular flexibility index (Phi) is 8.00. The Bertz CT molecular complexity index is 808. The largest absolute Gasteiger partial charge is 0.454 e. The van der Waals surface area contributed by atoms with Crippen molar-refractivity contribution in [3.63, 3.8) is 0 Å². The molecule has 6 nitrogen and oxygen atoms in total. The number of fused-ring (bicyclic) bond motifs is 1. The first-order chi connectivity index (χ1) is 13.8. The van der Waals surface area contributed by atoms with Crippen LogP contribution in [-0.2, 0) is 13.0 Å². The van der Waals surface area contributed by atoms with Gasteiger partial charge in [0.05, 0.1) is 0 Å². The van der Waals surface area contributed by atoms with Gasteiger partial charge in [0, 0.05) is 46.3 Å². The molecule has 1 N–H and O–H groups in total. The topological polar surface area (TPSA) is 49.3 Å². The molecule has 0 unspecified atom stereocenters. The molecule has 2 aliphatic heterocycles. The van der Waals surface area contributed by atoms with Crippen LogP contribution in [0.5, 0.6) is 11.5 Å². The van der Waals surface area contributed by atoms with Crippen LogP contribution < -0.4 is 14.8 Å². The smallest absolute Gasteiger partial charge is 0.231 e. The molecule has 1 fully saturated rings. The van der Waals surface area contributed by atoms with Crippen molar-refractivity contribution in [2.24, 2.45) is 4.99 Å². The fourth-order valence-electron chi connectivity index (χ4n) is 3.71. The first-order valence-corrected chi connectivity index (χ1v) is 9.92. The molecule has 0 bridgehead atoms. The number of halogens is 1. The average molecular weight is 508 g/mol. The van der Waals surface area contributed by atoms with Gasteiger partial charge in [-0.1, -0.05) is 36.4 Å². The van der Waals surface area contributed by atoms with Crippen molar-refractivity contribution in [3.8, 4) is 11.5 Å². The summed E-state index contributed by atoms with van der Waals surface area (Å²) in [4.78, 5) is 9.33. The highest BCUT2D eigenvalue weighted by Gasteiger charge is 2.19. The highest BCUT2D eigenvalue weighted by Crippen LogP contribution is 2.32. The second-order valence-electron chi connectivity index (χ2n) is 7.16. The summed E-state index contributed by atoms with van der Waals surface area (Å²) < 4.78 is 10.8. The van der Waals surface area contributed by atoms with Crippen molar-refractivity contribution in [2.75, 3.05) is 46.6 Å². The number of hydrogen-bond donors (Lipinski definition) is 1. The van der Waals surface area contributed by atoms with Gasteiger partial charge in [-0.15, -0.1) is 24.0 Å². The normalized spacial score (nSPS) is 16.4. The van der Waals surface area contributed by atoms with Gasteiger partial charge < -0.3 is 19.7 Å². The van der Waals surface area contributed by atoms with Gasteiger partial charge in [0.2, 0.25) is 6.79 Å². The molecule has 2 aliphatic rings. The molecule has 2 aromatic carbocycles. The Balaban J connectivity index is 0.00000240. The molecule has 2 heterocycles. The third kappa shape index (κ3) is 5.76. The summed E-state index contributed by atoms with van der Waals surface area (Å²) in [6, 6.07) is 16.8. The molecule has 7 heteroatoms. The van der Waals surface area contributed by atoms with Crippen LogP contribution in [0, 0.1) is 0 Å². The highest BCUT2D eigenvalue weighted by molar-refractivity contribution is 14.0. The number of benzene rings is 2. The molecule has 0 aliphatic carbocycles. The number of ether oxygens (including phenoxy) is 2. The maximum Gasteiger partial charge on any atom is 0.231 e. The molecule has 0 saturated carbocycles. The van der Waals surface area contributed by atoms with E-state index in [-0.39, 0.29) is 24.0 Å². The third-order valence-electron chi connectivity index (χ3n) is 5.27. The van der Waals surface area contributed by atoms with Crippen molar-refractivity contribution in [2.45, 2.75) is 13.0 Å². The van der Waals surface area contributed by atoms with Gasteiger partial charge in [-0.2, -0.15) is 0 Å². The second kappa shape index (κ2) is 10.7. The van der Waals surface area contributed by atoms with Crippen LogP contribution in [0.1, 0.15) is 11.1 Å². The van der Waals surface area contributed by atoms with Gasteiger partial charge in [0.25, 0.3) is 0 Å². The fraction of sp³-hybridized carbons (Fsp3) is 0.409. The summed E-state index contributed by atoms with van der Waals surface area (Å²) in [5.74, 6) is 2.66. The van der Waals surface area contributed by atoms with Gasteiger partial charge >= 0.3 is 0 Å². The van der Waals surface area contributed by atoms with Crippen LogP contribution in [0.2, 0.25) is 0 Å². The zero-order chi connectivity index (χ0) is 19.2. The number of rotatable bonds is 5. The van der Waals surface area contributed by atoms with Crippen LogP contribution >= 0.6 is 24.0 Å². The number of guanidine groups is 1. The highest BCUT2D eigenvalue weighted by atomic mass is 127. The molecule has 1 saturated heterocycles. The first kappa shape index (κ1) is 21.7. The van der Waals surface area contributed by atoms with Gasteiger partial charge in [0.1, 0.15) is 0 Å². The van der Waals surface area contributed by atoms with Crippen molar-refractivity contribution >= 4 is 29.9 Å². The van der Waals surface area contributed by atoms with E-state index in [0.717, 1.165) is 63.1 Å². The summed E-state index contributed by atoms with van der Waals surface area (Å²) in [5, 5.41) is 3.51. The maximum absolute atomic E-state index is 5.46.